The molecule has 308 valence electrons. The summed E-state index contributed by atoms with van der Waals surface area (Å²) in [5.41, 5.74) is -3.02. The average Bonchev–Trinajstić information content (AvgIpc) is 4.02. The van der Waals surface area contributed by atoms with Gasteiger partial charge in [0.25, 0.3) is 5.91 Å². The molecule has 0 bridgehead atoms. The Labute approximate surface area is 331 Å². The molecular formula is C39H50N6O11S. The first-order valence-corrected chi connectivity index (χ1v) is 20.2. The third kappa shape index (κ3) is 8.95. The molecule has 3 N–H and O–H groups in total. The number of pyridine rings is 1. The minimum Gasteiger partial charge on any atom is -0.497 e. The summed E-state index contributed by atoms with van der Waals surface area (Å²) >= 11 is 0. The van der Waals surface area contributed by atoms with Crippen LogP contribution in [0, 0.1) is 11.3 Å². The van der Waals surface area contributed by atoms with Gasteiger partial charge in [0.05, 0.1) is 26.0 Å². The SMILES string of the molecule is C=CC1CC1(NC(=O)C1CC(Oc2nc(-c3ncc(OC)o3)cc3cc(OC)ccc23)CN1C(=O)C(NC(=O)OC(C)(C)C)C(C)(C)C)C(=O)NS(=O)(=O)C1CC1. The minimum atomic E-state index is -3.94. The average molecular weight is 811 g/mol. The number of amides is 4. The molecule has 1 saturated heterocycles. The molecule has 3 aliphatic rings. The van der Waals surface area contributed by atoms with Crippen LogP contribution in [0.2, 0.25) is 0 Å². The maximum Gasteiger partial charge on any atom is 0.408 e. The van der Waals surface area contributed by atoms with Crippen molar-refractivity contribution in [2.45, 2.75) is 102 Å². The molecule has 1 aromatic carbocycles. The molecule has 18 heteroatoms. The third-order valence-corrected chi connectivity index (χ3v) is 11.9. The number of hydrogen-bond donors (Lipinski definition) is 3. The van der Waals surface area contributed by atoms with Crippen LogP contribution < -0.4 is 29.6 Å². The van der Waals surface area contributed by atoms with Gasteiger partial charge in [-0.15, -0.1) is 6.58 Å². The van der Waals surface area contributed by atoms with E-state index in [1.165, 1.54) is 31.4 Å². The van der Waals surface area contributed by atoms with E-state index in [0.29, 0.717) is 35.1 Å². The molecule has 4 amide bonds. The van der Waals surface area contributed by atoms with Gasteiger partial charge >= 0.3 is 12.0 Å². The summed E-state index contributed by atoms with van der Waals surface area (Å²) in [6, 6.07) is 4.63. The topological polar surface area (TPSA) is 218 Å². The lowest BCUT2D eigenvalue weighted by Crippen LogP contribution is -2.60. The molecule has 2 saturated carbocycles. The molecule has 1 aliphatic heterocycles. The Bertz CT molecular complexity index is 2190. The van der Waals surface area contributed by atoms with Crippen LogP contribution in [0.5, 0.6) is 17.6 Å². The molecule has 0 radical (unpaired) electrons. The molecule has 6 rings (SSSR count). The summed E-state index contributed by atoms with van der Waals surface area (Å²) in [6.07, 6.45) is 2.14. The first-order chi connectivity index (χ1) is 26.7. The summed E-state index contributed by atoms with van der Waals surface area (Å²) in [5.74, 6) is -1.73. The Hall–Kier alpha value is -5.39. The van der Waals surface area contributed by atoms with Crippen molar-refractivity contribution in [3.05, 3.63) is 43.1 Å². The number of rotatable bonds is 13. The summed E-state index contributed by atoms with van der Waals surface area (Å²) < 4.78 is 56.0. The molecule has 3 fully saturated rings. The van der Waals surface area contributed by atoms with E-state index < -0.39 is 79.7 Å². The van der Waals surface area contributed by atoms with E-state index in [1.54, 1.807) is 65.8 Å². The van der Waals surface area contributed by atoms with Gasteiger partial charge in [0.15, 0.2) is 0 Å². The number of carbonyl (C=O) groups is 4. The number of likely N-dealkylation sites (tertiary alicyclic amines) is 1. The lowest BCUT2D eigenvalue weighted by Gasteiger charge is -2.36. The standard InChI is InChI=1S/C39H50N6O11S/c1-10-22-18-39(22,35(48)44-57(50,51)25-12-13-25)43-31(46)28-17-24(20-45(28)34(47)30(37(2,3)4)42-36(49)56-38(5,6)7)54-32-26-14-11-23(52-8)15-21(26)16-27(41-32)33-40-19-29(53-9)55-33/h10-11,14-16,19,22,24-25,28,30H,1,12-13,17-18,20H2,2-9H3,(H,42,49)(H,43,46)(H,44,48). The van der Waals surface area contributed by atoms with Crippen LogP contribution in [0.3, 0.4) is 0 Å². The number of sulfonamides is 1. The van der Waals surface area contributed by atoms with Gasteiger partial charge in [-0.1, -0.05) is 26.8 Å². The summed E-state index contributed by atoms with van der Waals surface area (Å²) in [5, 5.41) is 6.06. The highest BCUT2D eigenvalue weighted by Crippen LogP contribution is 2.46. The van der Waals surface area contributed by atoms with Gasteiger partial charge in [-0.2, -0.15) is 0 Å². The van der Waals surface area contributed by atoms with Gasteiger partial charge in [0, 0.05) is 17.7 Å². The molecule has 17 nitrogen and oxygen atoms in total. The number of aromatic nitrogens is 2. The first kappa shape index (κ1) is 41.2. The highest BCUT2D eigenvalue weighted by atomic mass is 32.2. The van der Waals surface area contributed by atoms with Crippen LogP contribution in [0.25, 0.3) is 22.4 Å². The summed E-state index contributed by atoms with van der Waals surface area (Å²) in [4.78, 5) is 66.0. The summed E-state index contributed by atoms with van der Waals surface area (Å²) in [6.45, 7) is 14.0. The van der Waals surface area contributed by atoms with E-state index >= 15 is 0 Å². The zero-order valence-electron chi connectivity index (χ0n) is 33.3. The number of hydrogen-bond acceptors (Lipinski definition) is 13. The summed E-state index contributed by atoms with van der Waals surface area (Å²) in [7, 11) is -0.959. The van der Waals surface area contributed by atoms with E-state index in [2.05, 4.69) is 26.9 Å². The molecular weight excluding hydrogens is 761 g/mol. The fraction of sp³-hybridized carbons (Fsp3) is 0.538. The van der Waals surface area contributed by atoms with Crippen LogP contribution in [0.4, 0.5) is 4.79 Å². The van der Waals surface area contributed by atoms with Crippen molar-refractivity contribution in [3.63, 3.8) is 0 Å². The number of alkyl carbamates (subject to hydrolysis) is 1. The number of nitrogens with zero attached hydrogens (tertiary/aromatic N) is 3. The number of carbonyl (C=O) groups excluding carboxylic acids is 4. The van der Waals surface area contributed by atoms with Crippen molar-refractivity contribution in [1.29, 1.82) is 0 Å². The van der Waals surface area contributed by atoms with Crippen LogP contribution in [-0.4, -0.2) is 102 Å². The fourth-order valence-corrected chi connectivity index (χ4v) is 8.16. The van der Waals surface area contributed by atoms with Crippen molar-refractivity contribution in [2.75, 3.05) is 20.8 Å². The number of nitrogens with one attached hydrogen (secondary N) is 3. The Kier molecular flexibility index (Phi) is 11.0. The van der Waals surface area contributed by atoms with Crippen LogP contribution in [0.1, 0.15) is 67.2 Å². The van der Waals surface area contributed by atoms with Gasteiger partial charge in [-0.3, -0.25) is 19.1 Å². The molecule has 3 aromatic rings. The van der Waals surface area contributed by atoms with Crippen LogP contribution in [-0.2, 0) is 29.1 Å². The van der Waals surface area contributed by atoms with E-state index in [1.807, 2.05) is 0 Å². The minimum absolute atomic E-state index is 0.0614. The van der Waals surface area contributed by atoms with Gasteiger partial charge in [-0.05, 0) is 75.1 Å². The third-order valence-electron chi connectivity index (χ3n) is 10.1. The monoisotopic (exact) mass is 810 g/mol. The molecule has 5 atom stereocenters. The lowest BCUT2D eigenvalue weighted by atomic mass is 9.85. The quantitative estimate of drug-likeness (QED) is 0.209. The predicted molar refractivity (Wildman–Crippen MR) is 207 cm³/mol. The maximum absolute atomic E-state index is 14.6. The molecule has 57 heavy (non-hydrogen) atoms. The fourth-order valence-electron chi connectivity index (χ4n) is 6.79. The molecule has 2 aliphatic carbocycles. The second-order valence-electron chi connectivity index (χ2n) is 16.7. The normalized spacial score (nSPS) is 22.6. The smallest absolute Gasteiger partial charge is 0.408 e. The Morgan fingerprint density at radius 3 is 2.37 bits per heavy atom. The van der Waals surface area contributed by atoms with Gasteiger partial charge < -0.3 is 38.9 Å². The van der Waals surface area contributed by atoms with Crippen molar-refractivity contribution < 1.29 is 51.0 Å². The van der Waals surface area contributed by atoms with Crippen molar-refractivity contribution in [3.8, 4) is 29.2 Å². The number of oxazole rings is 1. The zero-order chi connectivity index (χ0) is 41.7. The molecule has 0 spiro atoms. The van der Waals surface area contributed by atoms with Crippen molar-refractivity contribution in [2.24, 2.45) is 11.3 Å². The predicted octanol–water partition coefficient (Wildman–Crippen LogP) is 3.86. The van der Waals surface area contributed by atoms with E-state index in [0.717, 1.165) is 0 Å². The largest absolute Gasteiger partial charge is 0.497 e. The highest BCUT2D eigenvalue weighted by molar-refractivity contribution is 7.91. The van der Waals surface area contributed by atoms with Crippen molar-refractivity contribution in [1.82, 2.24) is 30.2 Å². The Morgan fingerprint density at radius 1 is 1.07 bits per heavy atom. The molecule has 5 unspecified atom stereocenters. The second-order valence-corrected chi connectivity index (χ2v) is 18.7. The van der Waals surface area contributed by atoms with E-state index in [-0.39, 0.29) is 37.1 Å². The van der Waals surface area contributed by atoms with Gasteiger partial charge in [0.2, 0.25) is 33.6 Å². The molecule has 2 aromatic heterocycles. The maximum atomic E-state index is 14.6. The lowest BCUT2D eigenvalue weighted by molar-refractivity contribution is -0.143. The number of methoxy groups -OCH3 is 2. The van der Waals surface area contributed by atoms with Crippen molar-refractivity contribution >= 4 is 44.6 Å². The zero-order valence-corrected chi connectivity index (χ0v) is 34.2. The highest BCUT2D eigenvalue weighted by Gasteiger charge is 2.62. The number of ether oxygens (including phenoxy) is 4. The Balaban J connectivity index is 1.35. The van der Waals surface area contributed by atoms with Gasteiger partial charge in [0.1, 0.15) is 47.0 Å². The molecule has 3 heterocycles. The number of benzene rings is 1. The van der Waals surface area contributed by atoms with Crippen LogP contribution >= 0.6 is 0 Å². The van der Waals surface area contributed by atoms with Crippen LogP contribution in [0.15, 0.2) is 47.5 Å². The Morgan fingerprint density at radius 2 is 1.79 bits per heavy atom. The second kappa shape index (κ2) is 15.2. The van der Waals surface area contributed by atoms with Gasteiger partial charge in [-0.25, -0.2) is 23.2 Å². The van der Waals surface area contributed by atoms with E-state index in [9.17, 15) is 27.6 Å². The van der Waals surface area contributed by atoms with E-state index in [4.69, 9.17) is 28.3 Å². The number of fused-ring (bicyclic) bond motifs is 1. The first-order valence-electron chi connectivity index (χ1n) is 18.6.